The smallest absolute Gasteiger partial charge is 0.234 e. The molecule has 0 aromatic heterocycles. The molecular weight excluding hydrogens is 264 g/mol. The maximum atomic E-state index is 12.2. The van der Waals surface area contributed by atoms with Gasteiger partial charge in [0.1, 0.15) is 0 Å². The van der Waals surface area contributed by atoms with Crippen molar-refractivity contribution in [1.29, 1.82) is 0 Å². The topological polar surface area (TPSA) is 63.4 Å². The summed E-state index contributed by atoms with van der Waals surface area (Å²) in [4.78, 5) is 25.7. The van der Waals surface area contributed by atoms with Crippen LogP contribution < -0.4 is 10.6 Å². The third-order valence-electron chi connectivity index (χ3n) is 3.58. The van der Waals surface area contributed by atoms with Crippen LogP contribution in [-0.4, -0.2) is 18.4 Å². The van der Waals surface area contributed by atoms with Crippen LogP contribution in [0, 0.1) is 17.8 Å². The van der Waals surface area contributed by atoms with Crippen molar-refractivity contribution in [2.45, 2.75) is 33.1 Å². The van der Waals surface area contributed by atoms with Gasteiger partial charge in [-0.25, -0.2) is 0 Å². The van der Waals surface area contributed by atoms with Crippen molar-refractivity contribution in [2.75, 3.05) is 11.4 Å². The van der Waals surface area contributed by atoms with Gasteiger partial charge in [-0.3, -0.25) is 14.5 Å². The summed E-state index contributed by atoms with van der Waals surface area (Å²) in [7, 11) is 0. The van der Waals surface area contributed by atoms with E-state index in [-0.39, 0.29) is 17.7 Å². The Balaban J connectivity index is 2.39. The number of anilines is 1. The second-order valence-corrected chi connectivity index (χ2v) is 5.34. The zero-order valence-corrected chi connectivity index (χ0v) is 12.5. The number of amides is 2. The number of benzene rings is 1. The molecular formula is C17H20N2O2. The average Bonchev–Trinajstić information content (AvgIpc) is 2.44. The quantitative estimate of drug-likeness (QED) is 0.666. The lowest BCUT2D eigenvalue weighted by Crippen LogP contribution is -2.43. The Kier molecular flexibility index (Phi) is 4.77. The van der Waals surface area contributed by atoms with Crippen molar-refractivity contribution in [3.63, 3.8) is 0 Å². The maximum Gasteiger partial charge on any atom is 0.234 e. The molecule has 0 atom stereocenters. The van der Waals surface area contributed by atoms with E-state index in [1.165, 1.54) is 4.90 Å². The van der Waals surface area contributed by atoms with Crippen molar-refractivity contribution in [2.24, 2.45) is 11.7 Å². The first-order valence-electron chi connectivity index (χ1n) is 7.24. The Hall–Kier alpha value is -2.12. The molecule has 0 radical (unpaired) electrons. The molecule has 4 nitrogen and oxygen atoms in total. The van der Waals surface area contributed by atoms with Crippen molar-refractivity contribution < 1.29 is 9.59 Å². The molecule has 2 N–H and O–H groups in total. The van der Waals surface area contributed by atoms with Crippen LogP contribution in [0.4, 0.5) is 5.69 Å². The molecule has 1 fully saturated rings. The summed E-state index contributed by atoms with van der Waals surface area (Å²) in [5.74, 6) is 5.68. The summed E-state index contributed by atoms with van der Waals surface area (Å²) in [6.45, 7) is 4.24. The number of nitrogens with zero attached hydrogens (tertiary/aromatic N) is 1. The first-order chi connectivity index (χ1) is 10.1. The standard InChI is InChI=1S/C17H20N2O2/c1-3-14-11-13(5-4-8-18)6-7-15(14)19-16(20)9-12(2)10-17(19)21/h6-7,11-12H,3,8-10,18H2,1-2H3. The molecule has 1 heterocycles. The average molecular weight is 284 g/mol. The lowest BCUT2D eigenvalue weighted by atomic mass is 9.96. The normalized spacial score (nSPS) is 15.9. The Labute approximate surface area is 125 Å². The van der Waals surface area contributed by atoms with Gasteiger partial charge in [0.25, 0.3) is 0 Å². The maximum absolute atomic E-state index is 12.2. The lowest BCUT2D eigenvalue weighted by Gasteiger charge is -2.29. The highest BCUT2D eigenvalue weighted by Gasteiger charge is 2.32. The molecule has 1 aliphatic rings. The zero-order chi connectivity index (χ0) is 15.4. The van der Waals surface area contributed by atoms with Gasteiger partial charge in [-0.2, -0.15) is 0 Å². The van der Waals surface area contributed by atoms with E-state index in [1.54, 1.807) is 0 Å². The highest BCUT2D eigenvalue weighted by Crippen LogP contribution is 2.29. The van der Waals surface area contributed by atoms with Gasteiger partial charge in [0.2, 0.25) is 11.8 Å². The van der Waals surface area contributed by atoms with E-state index in [9.17, 15) is 9.59 Å². The highest BCUT2D eigenvalue weighted by molar-refractivity contribution is 6.17. The first-order valence-corrected chi connectivity index (χ1v) is 7.24. The third-order valence-corrected chi connectivity index (χ3v) is 3.58. The fraction of sp³-hybridized carbons (Fsp3) is 0.412. The molecule has 1 aromatic rings. The van der Waals surface area contributed by atoms with E-state index in [0.29, 0.717) is 25.1 Å². The minimum Gasteiger partial charge on any atom is -0.320 e. The highest BCUT2D eigenvalue weighted by atomic mass is 16.2. The minimum absolute atomic E-state index is 0.116. The summed E-state index contributed by atoms with van der Waals surface area (Å²) in [6.07, 6.45) is 1.58. The van der Waals surface area contributed by atoms with Crippen LogP contribution in [0.2, 0.25) is 0 Å². The Morgan fingerprint density at radius 3 is 2.52 bits per heavy atom. The van der Waals surface area contributed by atoms with Gasteiger partial charge < -0.3 is 5.73 Å². The molecule has 1 aliphatic heterocycles. The van der Waals surface area contributed by atoms with E-state index in [2.05, 4.69) is 11.8 Å². The Morgan fingerprint density at radius 2 is 1.95 bits per heavy atom. The van der Waals surface area contributed by atoms with Gasteiger partial charge >= 0.3 is 0 Å². The van der Waals surface area contributed by atoms with Gasteiger partial charge in [-0.1, -0.05) is 25.7 Å². The Morgan fingerprint density at radius 1 is 1.29 bits per heavy atom. The van der Waals surface area contributed by atoms with Crippen molar-refractivity contribution in [3.05, 3.63) is 29.3 Å². The molecule has 0 aliphatic carbocycles. The number of hydrogen-bond acceptors (Lipinski definition) is 3. The molecule has 4 heteroatoms. The van der Waals surface area contributed by atoms with Crippen LogP contribution >= 0.6 is 0 Å². The van der Waals surface area contributed by atoms with Crippen LogP contribution in [0.5, 0.6) is 0 Å². The number of piperidine rings is 1. The number of aryl methyl sites for hydroxylation is 1. The van der Waals surface area contributed by atoms with E-state index in [0.717, 1.165) is 17.5 Å². The van der Waals surface area contributed by atoms with Gasteiger partial charge in [0, 0.05) is 18.4 Å². The number of carbonyl (C=O) groups excluding carboxylic acids is 2. The SMILES string of the molecule is CCc1cc(C#CCN)ccc1N1C(=O)CC(C)CC1=O. The predicted octanol–water partition coefficient (Wildman–Crippen LogP) is 1.85. The monoisotopic (exact) mass is 284 g/mol. The van der Waals surface area contributed by atoms with Crippen LogP contribution in [-0.2, 0) is 16.0 Å². The summed E-state index contributed by atoms with van der Waals surface area (Å²) in [6, 6.07) is 5.57. The van der Waals surface area contributed by atoms with Gasteiger partial charge in [0.15, 0.2) is 0 Å². The summed E-state index contributed by atoms with van der Waals surface area (Å²) >= 11 is 0. The van der Waals surface area contributed by atoms with E-state index < -0.39 is 0 Å². The van der Waals surface area contributed by atoms with Gasteiger partial charge in [-0.05, 0) is 36.1 Å². The minimum atomic E-state index is -0.116. The molecule has 21 heavy (non-hydrogen) atoms. The summed E-state index contributed by atoms with van der Waals surface area (Å²) < 4.78 is 0. The lowest BCUT2D eigenvalue weighted by molar-refractivity contribution is -0.130. The number of hydrogen-bond donors (Lipinski definition) is 1. The molecule has 2 amide bonds. The van der Waals surface area contributed by atoms with Gasteiger partial charge in [-0.15, -0.1) is 0 Å². The summed E-state index contributed by atoms with van der Waals surface area (Å²) in [5.41, 5.74) is 7.87. The van der Waals surface area contributed by atoms with Gasteiger partial charge in [0.05, 0.1) is 12.2 Å². The molecule has 0 unspecified atom stereocenters. The number of carbonyl (C=O) groups is 2. The fourth-order valence-corrected chi connectivity index (χ4v) is 2.58. The van der Waals surface area contributed by atoms with E-state index in [4.69, 9.17) is 5.73 Å². The predicted molar refractivity (Wildman–Crippen MR) is 82.6 cm³/mol. The van der Waals surface area contributed by atoms with Crippen molar-refractivity contribution in [1.82, 2.24) is 0 Å². The molecule has 0 spiro atoms. The zero-order valence-electron chi connectivity index (χ0n) is 12.5. The second kappa shape index (κ2) is 6.55. The number of rotatable bonds is 2. The van der Waals surface area contributed by atoms with Crippen LogP contribution in [0.25, 0.3) is 0 Å². The van der Waals surface area contributed by atoms with Crippen molar-refractivity contribution >= 4 is 17.5 Å². The Bertz CT molecular complexity index is 607. The summed E-state index contributed by atoms with van der Waals surface area (Å²) in [5, 5.41) is 0. The third kappa shape index (κ3) is 3.32. The van der Waals surface area contributed by atoms with Crippen LogP contribution in [0.15, 0.2) is 18.2 Å². The first kappa shape index (κ1) is 15.3. The molecule has 0 saturated carbocycles. The van der Waals surface area contributed by atoms with Crippen LogP contribution in [0.1, 0.15) is 37.8 Å². The van der Waals surface area contributed by atoms with Crippen molar-refractivity contribution in [3.8, 4) is 11.8 Å². The van der Waals surface area contributed by atoms with E-state index in [1.807, 2.05) is 32.0 Å². The number of imide groups is 1. The largest absolute Gasteiger partial charge is 0.320 e. The number of nitrogens with two attached hydrogens (primary N) is 1. The molecule has 0 bridgehead atoms. The molecule has 1 aromatic carbocycles. The fourth-order valence-electron chi connectivity index (χ4n) is 2.58. The molecule has 1 saturated heterocycles. The second-order valence-electron chi connectivity index (χ2n) is 5.34. The van der Waals surface area contributed by atoms with Crippen LogP contribution in [0.3, 0.4) is 0 Å². The molecule has 110 valence electrons. The van der Waals surface area contributed by atoms with E-state index >= 15 is 0 Å². The molecule has 2 rings (SSSR count).